The third-order valence-electron chi connectivity index (χ3n) is 3.56. The van der Waals surface area contributed by atoms with Gasteiger partial charge in [-0.3, -0.25) is 0 Å². The number of hydrogen-bond acceptors (Lipinski definition) is 1. The molecular formula is C15H17N. The highest BCUT2D eigenvalue weighted by Gasteiger charge is 2.36. The minimum atomic E-state index is 0.516. The van der Waals surface area contributed by atoms with Crippen LogP contribution >= 0.6 is 0 Å². The van der Waals surface area contributed by atoms with E-state index in [9.17, 15) is 0 Å². The highest BCUT2D eigenvalue weighted by molar-refractivity contribution is 5.65. The molecule has 1 aliphatic heterocycles. The Morgan fingerprint density at radius 2 is 1.81 bits per heavy atom. The molecule has 0 saturated carbocycles. The van der Waals surface area contributed by atoms with Crippen LogP contribution in [0.2, 0.25) is 0 Å². The van der Waals surface area contributed by atoms with Crippen LogP contribution in [0.15, 0.2) is 48.6 Å². The monoisotopic (exact) mass is 211 g/mol. The molecule has 0 spiro atoms. The van der Waals surface area contributed by atoms with E-state index >= 15 is 0 Å². The second-order valence-corrected chi connectivity index (χ2v) is 4.85. The minimum Gasteiger partial charge on any atom is -0.361 e. The molecule has 16 heavy (non-hydrogen) atoms. The zero-order chi connectivity index (χ0) is 11.1. The molecule has 0 radical (unpaired) electrons. The van der Waals surface area contributed by atoms with Crippen molar-refractivity contribution < 1.29 is 0 Å². The van der Waals surface area contributed by atoms with Crippen LogP contribution in [0, 0.1) is 0 Å². The number of fused-ring (bicyclic) bond motifs is 3. The molecule has 0 amide bonds. The first-order valence-corrected chi connectivity index (χ1v) is 6.01. The van der Waals surface area contributed by atoms with E-state index in [-0.39, 0.29) is 0 Å². The Kier molecular flexibility index (Phi) is 2.13. The average Bonchev–Trinajstić information content (AvgIpc) is 2.63. The average molecular weight is 211 g/mol. The first-order valence-electron chi connectivity index (χ1n) is 6.01. The fourth-order valence-corrected chi connectivity index (χ4v) is 2.94. The van der Waals surface area contributed by atoms with Crippen molar-refractivity contribution in [2.24, 2.45) is 0 Å². The van der Waals surface area contributed by atoms with Crippen molar-refractivity contribution >= 4 is 5.69 Å². The summed E-state index contributed by atoms with van der Waals surface area (Å²) < 4.78 is 0. The van der Waals surface area contributed by atoms with Gasteiger partial charge < -0.3 is 4.90 Å². The Balaban J connectivity index is 2.14. The second kappa shape index (κ2) is 3.51. The van der Waals surface area contributed by atoms with Gasteiger partial charge in [-0.2, -0.15) is 0 Å². The summed E-state index contributed by atoms with van der Waals surface area (Å²) in [4.78, 5) is 2.53. The van der Waals surface area contributed by atoms with Crippen molar-refractivity contribution in [2.45, 2.75) is 31.8 Å². The Hall–Kier alpha value is -1.50. The predicted octanol–water partition coefficient (Wildman–Crippen LogP) is 3.49. The number of allylic oxidation sites excluding steroid dienone is 2. The maximum Gasteiger partial charge on any atom is 0.0583 e. The maximum atomic E-state index is 2.53. The third-order valence-corrected chi connectivity index (χ3v) is 3.56. The highest BCUT2D eigenvalue weighted by atomic mass is 15.2. The Labute approximate surface area is 97.1 Å². The standard InChI is InChI=1S/C15H17N/c1-11(2)16-14-9-5-3-7-12(14)13-8-4-6-10-15(13)16/h3-12,14H,1-2H3. The van der Waals surface area contributed by atoms with Crippen LogP contribution in [0.25, 0.3) is 0 Å². The van der Waals surface area contributed by atoms with Gasteiger partial charge in [0.05, 0.1) is 6.04 Å². The summed E-state index contributed by atoms with van der Waals surface area (Å²) in [7, 11) is 0. The lowest BCUT2D eigenvalue weighted by atomic mass is 9.91. The summed E-state index contributed by atoms with van der Waals surface area (Å²) in [5, 5.41) is 0. The first-order chi connectivity index (χ1) is 7.79. The fourth-order valence-electron chi connectivity index (χ4n) is 2.94. The van der Waals surface area contributed by atoms with Crippen LogP contribution in [-0.4, -0.2) is 12.1 Å². The molecule has 2 aliphatic rings. The summed E-state index contributed by atoms with van der Waals surface area (Å²) >= 11 is 0. The molecule has 3 rings (SSSR count). The molecule has 1 aliphatic carbocycles. The van der Waals surface area contributed by atoms with Gasteiger partial charge in [0, 0.05) is 17.6 Å². The van der Waals surface area contributed by atoms with Crippen LogP contribution in [0.1, 0.15) is 25.3 Å². The van der Waals surface area contributed by atoms with E-state index in [1.165, 1.54) is 11.3 Å². The van der Waals surface area contributed by atoms with E-state index < -0.39 is 0 Å². The number of benzene rings is 1. The van der Waals surface area contributed by atoms with Gasteiger partial charge in [0.15, 0.2) is 0 Å². The van der Waals surface area contributed by atoms with Crippen LogP contribution < -0.4 is 4.90 Å². The summed E-state index contributed by atoms with van der Waals surface area (Å²) in [6.07, 6.45) is 8.99. The van der Waals surface area contributed by atoms with Crippen LogP contribution in [0.5, 0.6) is 0 Å². The molecule has 1 nitrogen and oxygen atoms in total. The molecule has 0 saturated heterocycles. The molecule has 2 unspecified atom stereocenters. The van der Waals surface area contributed by atoms with Crippen molar-refractivity contribution in [2.75, 3.05) is 4.90 Å². The second-order valence-electron chi connectivity index (χ2n) is 4.85. The zero-order valence-corrected chi connectivity index (χ0v) is 9.80. The van der Waals surface area contributed by atoms with Gasteiger partial charge in [-0.1, -0.05) is 42.5 Å². The molecule has 2 atom stereocenters. The molecule has 1 aromatic carbocycles. The smallest absolute Gasteiger partial charge is 0.0583 e. The molecular weight excluding hydrogens is 194 g/mol. The predicted molar refractivity (Wildman–Crippen MR) is 68.9 cm³/mol. The van der Waals surface area contributed by atoms with Crippen molar-refractivity contribution in [1.29, 1.82) is 0 Å². The number of hydrogen-bond donors (Lipinski definition) is 0. The number of rotatable bonds is 1. The lowest BCUT2D eigenvalue weighted by molar-refractivity contribution is 0.610. The fraction of sp³-hybridized carbons (Fsp3) is 0.333. The van der Waals surface area contributed by atoms with Gasteiger partial charge in [-0.05, 0) is 25.5 Å². The summed E-state index contributed by atoms with van der Waals surface area (Å²) in [6, 6.07) is 9.86. The zero-order valence-electron chi connectivity index (χ0n) is 9.80. The number of nitrogens with zero attached hydrogens (tertiary/aromatic N) is 1. The van der Waals surface area contributed by atoms with Crippen LogP contribution in [-0.2, 0) is 0 Å². The van der Waals surface area contributed by atoms with E-state index in [0.29, 0.717) is 18.0 Å². The van der Waals surface area contributed by atoms with E-state index in [2.05, 4.69) is 67.3 Å². The molecule has 0 bridgehead atoms. The molecule has 1 heteroatoms. The van der Waals surface area contributed by atoms with E-state index in [4.69, 9.17) is 0 Å². The summed E-state index contributed by atoms with van der Waals surface area (Å²) in [6.45, 7) is 4.54. The Morgan fingerprint density at radius 3 is 2.62 bits per heavy atom. The number of para-hydroxylation sites is 1. The van der Waals surface area contributed by atoms with Gasteiger partial charge in [0.1, 0.15) is 0 Å². The normalized spacial score (nSPS) is 26.1. The summed E-state index contributed by atoms with van der Waals surface area (Å²) in [5.74, 6) is 0.545. The van der Waals surface area contributed by atoms with E-state index in [1.54, 1.807) is 0 Å². The van der Waals surface area contributed by atoms with Crippen molar-refractivity contribution in [3.8, 4) is 0 Å². The van der Waals surface area contributed by atoms with Gasteiger partial charge >= 0.3 is 0 Å². The topological polar surface area (TPSA) is 3.24 Å². The van der Waals surface area contributed by atoms with Crippen LogP contribution in [0.4, 0.5) is 5.69 Å². The molecule has 1 aromatic rings. The lowest BCUT2D eigenvalue weighted by Gasteiger charge is -2.32. The number of anilines is 1. The highest BCUT2D eigenvalue weighted by Crippen LogP contribution is 2.44. The van der Waals surface area contributed by atoms with E-state index in [0.717, 1.165) is 0 Å². The molecule has 82 valence electrons. The Morgan fingerprint density at radius 1 is 1.06 bits per heavy atom. The Bertz CT molecular complexity index is 456. The van der Waals surface area contributed by atoms with Crippen molar-refractivity contribution in [1.82, 2.24) is 0 Å². The minimum absolute atomic E-state index is 0.516. The molecule has 1 heterocycles. The van der Waals surface area contributed by atoms with Crippen molar-refractivity contribution in [3.63, 3.8) is 0 Å². The van der Waals surface area contributed by atoms with Gasteiger partial charge in [-0.25, -0.2) is 0 Å². The third kappa shape index (κ3) is 1.24. The maximum absolute atomic E-state index is 2.53. The summed E-state index contributed by atoms with van der Waals surface area (Å²) in [5.41, 5.74) is 2.88. The van der Waals surface area contributed by atoms with E-state index in [1.807, 2.05) is 0 Å². The molecule has 0 N–H and O–H groups in total. The SMILES string of the molecule is CC(C)N1c2ccccc2C2C=CC=CC21. The van der Waals surface area contributed by atoms with Gasteiger partial charge in [0.2, 0.25) is 0 Å². The lowest BCUT2D eigenvalue weighted by Crippen LogP contribution is -2.38. The van der Waals surface area contributed by atoms with Crippen molar-refractivity contribution in [3.05, 3.63) is 54.1 Å². The first kappa shape index (κ1) is 9.71. The quantitative estimate of drug-likeness (QED) is 0.687. The van der Waals surface area contributed by atoms with Gasteiger partial charge in [-0.15, -0.1) is 0 Å². The van der Waals surface area contributed by atoms with Crippen LogP contribution in [0.3, 0.4) is 0 Å². The van der Waals surface area contributed by atoms with Gasteiger partial charge in [0.25, 0.3) is 0 Å². The molecule has 0 aromatic heterocycles. The molecule has 0 fully saturated rings. The largest absolute Gasteiger partial charge is 0.361 e.